The van der Waals surface area contributed by atoms with Crippen molar-refractivity contribution in [3.8, 4) is 28.7 Å². The smallest absolute Gasteiger partial charge is 0.231 e. The zero-order chi connectivity index (χ0) is 20.7. The summed E-state index contributed by atoms with van der Waals surface area (Å²) < 4.78 is 27.8. The number of hydrogen-bond acceptors (Lipinski definition) is 7. The molecule has 0 fully saturated rings. The fourth-order valence-corrected chi connectivity index (χ4v) is 4.63. The van der Waals surface area contributed by atoms with E-state index in [9.17, 15) is 5.11 Å². The Hall–Kier alpha value is -2.64. The summed E-state index contributed by atoms with van der Waals surface area (Å²) in [5.74, 6) is 3.72. The van der Waals surface area contributed by atoms with Gasteiger partial charge in [-0.2, -0.15) is 0 Å². The monoisotopic (exact) mass is 413 g/mol. The van der Waals surface area contributed by atoms with Gasteiger partial charge in [-0.3, -0.25) is 4.90 Å². The van der Waals surface area contributed by atoms with E-state index in [-0.39, 0.29) is 19.6 Å². The van der Waals surface area contributed by atoms with Crippen LogP contribution in [0.1, 0.15) is 35.6 Å². The predicted octanol–water partition coefficient (Wildman–Crippen LogP) is 3.07. The molecular weight excluding hydrogens is 386 g/mol. The minimum atomic E-state index is -0.441. The number of aliphatic hydroxyl groups excluding tert-OH is 1. The first-order valence-corrected chi connectivity index (χ1v) is 10.4. The van der Waals surface area contributed by atoms with Gasteiger partial charge in [0.1, 0.15) is 0 Å². The van der Waals surface area contributed by atoms with Crippen LogP contribution < -0.4 is 23.7 Å². The molecule has 2 aromatic rings. The first-order chi connectivity index (χ1) is 14.6. The molecule has 0 radical (unpaired) electrons. The second-order valence-electron chi connectivity index (χ2n) is 8.08. The number of aliphatic hydroxyl groups is 1. The minimum absolute atomic E-state index is 0.0601. The van der Waals surface area contributed by atoms with Crippen LogP contribution in [-0.4, -0.2) is 50.4 Å². The number of hydrogen-bond donors (Lipinski definition) is 1. The number of nitrogens with zero attached hydrogens (tertiary/aromatic N) is 1. The maximum Gasteiger partial charge on any atom is 0.231 e. The highest BCUT2D eigenvalue weighted by molar-refractivity contribution is 5.61. The summed E-state index contributed by atoms with van der Waals surface area (Å²) in [6.45, 7) is 1.41. The van der Waals surface area contributed by atoms with Crippen LogP contribution in [0.25, 0.3) is 0 Å². The summed E-state index contributed by atoms with van der Waals surface area (Å²) in [4.78, 5) is 2.29. The van der Waals surface area contributed by atoms with E-state index in [1.165, 1.54) is 5.56 Å². The second kappa shape index (κ2) is 7.89. The van der Waals surface area contributed by atoms with E-state index >= 15 is 0 Å². The molecule has 0 aliphatic carbocycles. The molecule has 2 atom stereocenters. The van der Waals surface area contributed by atoms with Crippen molar-refractivity contribution < 1.29 is 28.8 Å². The van der Waals surface area contributed by atoms with Crippen LogP contribution in [0.5, 0.6) is 28.7 Å². The van der Waals surface area contributed by atoms with Gasteiger partial charge in [-0.05, 0) is 62.1 Å². The number of aryl methyl sites for hydroxylation is 1. The molecule has 1 N–H and O–H groups in total. The Bertz CT molecular complexity index is 946. The lowest BCUT2D eigenvalue weighted by atomic mass is 9.87. The highest BCUT2D eigenvalue weighted by atomic mass is 16.7. The third-order valence-corrected chi connectivity index (χ3v) is 6.25. The fraction of sp³-hybridized carbons (Fsp3) is 0.478. The molecule has 0 saturated heterocycles. The van der Waals surface area contributed by atoms with Crippen molar-refractivity contribution in [2.24, 2.45) is 0 Å². The molecule has 3 aliphatic rings. The van der Waals surface area contributed by atoms with Crippen LogP contribution in [0.2, 0.25) is 0 Å². The fourth-order valence-electron chi connectivity index (χ4n) is 4.63. The Labute approximate surface area is 176 Å². The van der Waals surface area contributed by atoms with Crippen molar-refractivity contribution in [3.63, 3.8) is 0 Å². The summed E-state index contributed by atoms with van der Waals surface area (Å²) in [6.07, 6.45) is 2.56. The molecule has 30 heavy (non-hydrogen) atoms. The van der Waals surface area contributed by atoms with Crippen LogP contribution in [0.4, 0.5) is 0 Å². The molecule has 0 bridgehead atoms. The number of fused-ring (bicyclic) bond motifs is 3. The Morgan fingerprint density at radius 3 is 2.77 bits per heavy atom. The first kappa shape index (κ1) is 19.3. The van der Waals surface area contributed by atoms with Gasteiger partial charge in [-0.25, -0.2) is 0 Å². The maximum atomic E-state index is 10.9. The molecule has 0 saturated carbocycles. The van der Waals surface area contributed by atoms with Crippen LogP contribution in [-0.2, 0) is 12.8 Å². The van der Waals surface area contributed by atoms with Crippen LogP contribution in [0, 0.1) is 0 Å². The molecule has 2 unspecified atom stereocenters. The Balaban J connectivity index is 1.32. The largest absolute Gasteiger partial charge is 0.492 e. The van der Waals surface area contributed by atoms with Gasteiger partial charge in [0, 0.05) is 18.2 Å². The van der Waals surface area contributed by atoms with Crippen molar-refractivity contribution in [3.05, 3.63) is 41.0 Å². The van der Waals surface area contributed by atoms with E-state index in [1.807, 2.05) is 18.2 Å². The van der Waals surface area contributed by atoms with E-state index in [0.717, 1.165) is 53.5 Å². The van der Waals surface area contributed by atoms with E-state index < -0.39 is 6.10 Å². The highest BCUT2D eigenvalue weighted by Gasteiger charge is 2.34. The highest BCUT2D eigenvalue weighted by Crippen LogP contribution is 2.50. The summed E-state index contributed by atoms with van der Waals surface area (Å²) in [6, 6.07) is 8.10. The van der Waals surface area contributed by atoms with E-state index in [4.69, 9.17) is 23.7 Å². The van der Waals surface area contributed by atoms with Crippen LogP contribution in [0.3, 0.4) is 0 Å². The quantitative estimate of drug-likeness (QED) is 0.781. The lowest BCUT2D eigenvalue weighted by Crippen LogP contribution is -2.34. The Kier molecular flexibility index (Phi) is 5.08. The van der Waals surface area contributed by atoms with Gasteiger partial charge in [0.25, 0.3) is 0 Å². The molecule has 7 nitrogen and oxygen atoms in total. The van der Waals surface area contributed by atoms with Crippen molar-refractivity contribution in [1.82, 2.24) is 4.90 Å². The third kappa shape index (κ3) is 3.42. The maximum absolute atomic E-state index is 10.9. The zero-order valence-electron chi connectivity index (χ0n) is 17.3. The van der Waals surface area contributed by atoms with Gasteiger partial charge in [0.2, 0.25) is 19.3 Å². The van der Waals surface area contributed by atoms with Crippen molar-refractivity contribution in [1.29, 1.82) is 0 Å². The molecule has 160 valence electrons. The normalized spacial score (nSPS) is 20.2. The first-order valence-electron chi connectivity index (χ1n) is 10.4. The SMILES string of the molecule is COc1c2c(cc3c1C(CC(O)CCc1ccc4c(c1)OCO4)N(C)CC3)OCO2. The summed E-state index contributed by atoms with van der Waals surface area (Å²) >= 11 is 0. The molecule has 7 heteroatoms. The van der Waals surface area contributed by atoms with E-state index in [0.29, 0.717) is 18.6 Å². The number of rotatable bonds is 6. The average molecular weight is 413 g/mol. The molecular formula is C23H27NO6. The van der Waals surface area contributed by atoms with Gasteiger partial charge in [-0.15, -0.1) is 0 Å². The third-order valence-electron chi connectivity index (χ3n) is 6.25. The molecule has 0 aromatic heterocycles. The van der Waals surface area contributed by atoms with Gasteiger partial charge in [-0.1, -0.05) is 6.07 Å². The lowest BCUT2D eigenvalue weighted by Gasteiger charge is -2.37. The van der Waals surface area contributed by atoms with Crippen molar-refractivity contribution in [2.45, 2.75) is 37.8 Å². The number of methoxy groups -OCH3 is 1. The number of ether oxygens (including phenoxy) is 5. The number of benzene rings is 2. The van der Waals surface area contributed by atoms with E-state index in [1.54, 1.807) is 7.11 Å². The average Bonchev–Trinajstić information content (AvgIpc) is 3.41. The number of likely N-dealkylation sites (N-methyl/N-ethyl adjacent to an activating group) is 1. The molecule has 3 aliphatic heterocycles. The zero-order valence-corrected chi connectivity index (χ0v) is 17.3. The summed E-state index contributed by atoms with van der Waals surface area (Å²) in [7, 11) is 3.77. The van der Waals surface area contributed by atoms with Crippen LogP contribution >= 0.6 is 0 Å². The minimum Gasteiger partial charge on any atom is -0.492 e. The molecule has 5 rings (SSSR count). The molecule has 0 spiro atoms. The topological polar surface area (TPSA) is 69.6 Å². The van der Waals surface area contributed by atoms with Gasteiger partial charge >= 0.3 is 0 Å². The van der Waals surface area contributed by atoms with E-state index in [2.05, 4.69) is 18.0 Å². The van der Waals surface area contributed by atoms with Gasteiger partial charge < -0.3 is 28.8 Å². The standard InChI is InChI=1S/C23H27NO6/c1-24-8-7-15-10-20-22(30-13-29-20)23(26-2)21(15)17(24)11-16(25)5-3-14-4-6-18-19(9-14)28-12-27-18/h4,6,9-10,16-17,25H,3,5,7-8,11-13H2,1-2H3. The van der Waals surface area contributed by atoms with Crippen molar-refractivity contribution >= 4 is 0 Å². The van der Waals surface area contributed by atoms with Crippen molar-refractivity contribution in [2.75, 3.05) is 34.3 Å². The predicted molar refractivity (Wildman–Crippen MR) is 110 cm³/mol. The van der Waals surface area contributed by atoms with Gasteiger partial charge in [0.15, 0.2) is 23.0 Å². The second-order valence-corrected chi connectivity index (χ2v) is 8.08. The van der Waals surface area contributed by atoms with Crippen LogP contribution in [0.15, 0.2) is 24.3 Å². The summed E-state index contributed by atoms with van der Waals surface area (Å²) in [5, 5.41) is 10.9. The van der Waals surface area contributed by atoms with Gasteiger partial charge in [0.05, 0.1) is 13.2 Å². The molecule has 0 amide bonds. The summed E-state index contributed by atoms with van der Waals surface area (Å²) in [5.41, 5.74) is 3.46. The Morgan fingerprint density at radius 2 is 1.90 bits per heavy atom. The molecule has 3 heterocycles. The molecule has 2 aromatic carbocycles. The lowest BCUT2D eigenvalue weighted by molar-refractivity contribution is 0.101. The Morgan fingerprint density at radius 1 is 1.10 bits per heavy atom.